The quantitative estimate of drug-likeness (QED) is 0.881. The lowest BCUT2D eigenvalue weighted by Crippen LogP contribution is -2.27. The van der Waals surface area contributed by atoms with Gasteiger partial charge in [0.05, 0.1) is 10.7 Å². The van der Waals surface area contributed by atoms with Gasteiger partial charge in [-0.05, 0) is 30.3 Å². The van der Waals surface area contributed by atoms with Crippen molar-refractivity contribution in [3.8, 4) is 0 Å². The molecule has 21 heavy (non-hydrogen) atoms. The number of hydrogen-bond acceptors (Lipinski definition) is 2. The van der Waals surface area contributed by atoms with E-state index in [-0.39, 0.29) is 5.91 Å². The largest absolute Gasteiger partial charge is 0.383 e. The Morgan fingerprint density at radius 3 is 2.52 bits per heavy atom. The number of carbonyl (C=O) groups is 1. The molecule has 2 aromatic rings. The highest BCUT2D eigenvalue weighted by atomic mass is 35.5. The van der Waals surface area contributed by atoms with Crippen molar-refractivity contribution in [3.63, 3.8) is 0 Å². The molecule has 0 saturated heterocycles. The fourth-order valence-corrected chi connectivity index (χ4v) is 2.38. The van der Waals surface area contributed by atoms with Gasteiger partial charge in [-0.2, -0.15) is 0 Å². The van der Waals surface area contributed by atoms with Crippen LogP contribution in [0.1, 0.15) is 6.42 Å². The van der Waals surface area contributed by atoms with Gasteiger partial charge in [0.2, 0.25) is 5.91 Å². The zero-order valence-corrected chi connectivity index (χ0v) is 13.2. The first-order valence-corrected chi connectivity index (χ1v) is 7.34. The summed E-state index contributed by atoms with van der Waals surface area (Å²) in [6.45, 7) is 0.511. The summed E-state index contributed by atoms with van der Waals surface area (Å²) >= 11 is 11.9. The van der Waals surface area contributed by atoms with Gasteiger partial charge in [-0.3, -0.25) is 4.79 Å². The highest BCUT2D eigenvalue weighted by molar-refractivity contribution is 6.36. The molecule has 2 rings (SSSR count). The standard InChI is InChI=1S/C16H16Cl2N2O/c1-20(13-5-3-2-4-6-13)16(21)9-10-19-15-8-7-12(17)11-14(15)18/h2-8,11,19H,9-10H2,1H3. The summed E-state index contributed by atoms with van der Waals surface area (Å²) in [7, 11) is 1.77. The summed E-state index contributed by atoms with van der Waals surface area (Å²) in [6.07, 6.45) is 0.379. The van der Waals surface area contributed by atoms with Crippen LogP contribution in [0, 0.1) is 0 Å². The lowest BCUT2D eigenvalue weighted by atomic mass is 10.2. The van der Waals surface area contributed by atoms with Crippen molar-refractivity contribution >= 4 is 40.5 Å². The second-order valence-electron chi connectivity index (χ2n) is 4.59. The van der Waals surface area contributed by atoms with Crippen molar-refractivity contribution in [2.75, 3.05) is 23.8 Å². The summed E-state index contributed by atoms with van der Waals surface area (Å²) < 4.78 is 0. The summed E-state index contributed by atoms with van der Waals surface area (Å²) in [4.78, 5) is 13.7. The third kappa shape index (κ3) is 4.38. The predicted octanol–water partition coefficient (Wildman–Crippen LogP) is 4.46. The minimum absolute atomic E-state index is 0.0405. The Morgan fingerprint density at radius 1 is 1.14 bits per heavy atom. The molecule has 0 aliphatic rings. The Hall–Kier alpha value is -1.71. The highest BCUT2D eigenvalue weighted by Gasteiger charge is 2.10. The van der Waals surface area contributed by atoms with Crippen LogP contribution in [0.3, 0.4) is 0 Å². The molecule has 1 amide bonds. The minimum atomic E-state index is 0.0405. The van der Waals surface area contributed by atoms with Crippen molar-refractivity contribution in [1.29, 1.82) is 0 Å². The normalized spacial score (nSPS) is 10.2. The number of halogens is 2. The first kappa shape index (κ1) is 15.7. The summed E-state index contributed by atoms with van der Waals surface area (Å²) in [5.41, 5.74) is 1.66. The number of amides is 1. The Balaban J connectivity index is 1.87. The molecule has 0 aromatic heterocycles. The molecule has 3 nitrogen and oxygen atoms in total. The van der Waals surface area contributed by atoms with E-state index < -0.39 is 0 Å². The second kappa shape index (κ2) is 7.34. The Morgan fingerprint density at radius 2 is 1.86 bits per heavy atom. The van der Waals surface area contributed by atoms with E-state index in [1.165, 1.54) is 0 Å². The van der Waals surface area contributed by atoms with Crippen LogP contribution in [0.2, 0.25) is 10.0 Å². The van der Waals surface area contributed by atoms with Gasteiger partial charge in [-0.25, -0.2) is 0 Å². The molecule has 0 spiro atoms. The molecule has 0 heterocycles. The van der Waals surface area contributed by atoms with Crippen LogP contribution in [0.5, 0.6) is 0 Å². The number of nitrogens with one attached hydrogen (secondary N) is 1. The van der Waals surface area contributed by atoms with Crippen LogP contribution in [0.15, 0.2) is 48.5 Å². The third-order valence-corrected chi connectivity index (χ3v) is 3.65. The molecule has 0 unspecified atom stereocenters. The van der Waals surface area contributed by atoms with Crippen LogP contribution < -0.4 is 10.2 Å². The van der Waals surface area contributed by atoms with Gasteiger partial charge >= 0.3 is 0 Å². The van der Waals surface area contributed by atoms with Crippen molar-refractivity contribution in [2.45, 2.75) is 6.42 Å². The zero-order chi connectivity index (χ0) is 15.2. The van der Waals surface area contributed by atoms with Gasteiger partial charge in [0.1, 0.15) is 0 Å². The molecular weight excluding hydrogens is 307 g/mol. The van der Waals surface area contributed by atoms with E-state index in [1.54, 1.807) is 30.1 Å². The van der Waals surface area contributed by atoms with Gasteiger partial charge in [-0.1, -0.05) is 41.4 Å². The zero-order valence-electron chi connectivity index (χ0n) is 11.6. The second-order valence-corrected chi connectivity index (χ2v) is 5.43. The lowest BCUT2D eigenvalue weighted by Gasteiger charge is -2.17. The van der Waals surface area contributed by atoms with Crippen molar-refractivity contribution in [1.82, 2.24) is 0 Å². The number of anilines is 2. The topological polar surface area (TPSA) is 32.3 Å². The monoisotopic (exact) mass is 322 g/mol. The molecule has 5 heteroatoms. The SMILES string of the molecule is CN(C(=O)CCNc1ccc(Cl)cc1Cl)c1ccccc1. The maximum atomic E-state index is 12.1. The van der Waals surface area contributed by atoms with Gasteiger partial charge < -0.3 is 10.2 Å². The molecule has 2 aromatic carbocycles. The Kier molecular flexibility index (Phi) is 5.48. The molecule has 0 saturated carbocycles. The number of nitrogens with zero attached hydrogens (tertiary/aromatic N) is 1. The first-order valence-electron chi connectivity index (χ1n) is 6.58. The van der Waals surface area contributed by atoms with Crippen LogP contribution >= 0.6 is 23.2 Å². The summed E-state index contributed by atoms with van der Waals surface area (Å²) in [5.74, 6) is 0.0405. The van der Waals surface area contributed by atoms with Gasteiger partial charge in [0, 0.05) is 30.7 Å². The molecule has 0 aliphatic carbocycles. The van der Waals surface area contributed by atoms with E-state index in [0.717, 1.165) is 11.4 Å². The van der Waals surface area contributed by atoms with Gasteiger partial charge in [0.25, 0.3) is 0 Å². The minimum Gasteiger partial charge on any atom is -0.383 e. The van der Waals surface area contributed by atoms with E-state index in [0.29, 0.717) is 23.0 Å². The van der Waals surface area contributed by atoms with Crippen LogP contribution in [-0.4, -0.2) is 19.5 Å². The number of carbonyl (C=O) groups excluding carboxylic acids is 1. The number of rotatable bonds is 5. The molecule has 110 valence electrons. The maximum Gasteiger partial charge on any atom is 0.228 e. The average molecular weight is 323 g/mol. The first-order chi connectivity index (χ1) is 10.1. The van der Waals surface area contributed by atoms with E-state index in [4.69, 9.17) is 23.2 Å². The van der Waals surface area contributed by atoms with E-state index in [1.807, 2.05) is 30.3 Å². The number of para-hydroxylation sites is 1. The molecule has 1 N–H and O–H groups in total. The number of hydrogen-bond donors (Lipinski definition) is 1. The van der Waals surface area contributed by atoms with E-state index in [2.05, 4.69) is 5.32 Å². The Bertz CT molecular complexity index is 617. The summed E-state index contributed by atoms with van der Waals surface area (Å²) in [6, 6.07) is 14.8. The molecule has 0 radical (unpaired) electrons. The highest BCUT2D eigenvalue weighted by Crippen LogP contribution is 2.25. The average Bonchev–Trinajstić information content (AvgIpc) is 2.49. The van der Waals surface area contributed by atoms with Crippen LogP contribution in [-0.2, 0) is 4.79 Å². The van der Waals surface area contributed by atoms with Crippen LogP contribution in [0.4, 0.5) is 11.4 Å². The molecular formula is C16H16Cl2N2O. The fourth-order valence-electron chi connectivity index (χ4n) is 1.90. The predicted molar refractivity (Wildman–Crippen MR) is 89.4 cm³/mol. The van der Waals surface area contributed by atoms with Gasteiger partial charge in [0.15, 0.2) is 0 Å². The maximum absolute atomic E-state index is 12.1. The van der Waals surface area contributed by atoms with Crippen molar-refractivity contribution in [2.24, 2.45) is 0 Å². The van der Waals surface area contributed by atoms with Crippen molar-refractivity contribution in [3.05, 3.63) is 58.6 Å². The lowest BCUT2D eigenvalue weighted by molar-refractivity contribution is -0.118. The molecule has 0 aliphatic heterocycles. The van der Waals surface area contributed by atoms with Crippen LogP contribution in [0.25, 0.3) is 0 Å². The smallest absolute Gasteiger partial charge is 0.228 e. The van der Waals surface area contributed by atoms with E-state index in [9.17, 15) is 4.79 Å². The van der Waals surface area contributed by atoms with Crippen molar-refractivity contribution < 1.29 is 4.79 Å². The molecule has 0 atom stereocenters. The number of benzene rings is 2. The van der Waals surface area contributed by atoms with Gasteiger partial charge in [-0.15, -0.1) is 0 Å². The van der Waals surface area contributed by atoms with E-state index >= 15 is 0 Å². The fraction of sp³-hybridized carbons (Fsp3) is 0.188. The third-order valence-electron chi connectivity index (χ3n) is 3.10. The molecule has 0 bridgehead atoms. The molecule has 0 fully saturated rings. The summed E-state index contributed by atoms with van der Waals surface area (Å²) in [5, 5.41) is 4.28. The Labute approximate surface area is 134 Å².